The van der Waals surface area contributed by atoms with Gasteiger partial charge >= 0.3 is 0 Å². The van der Waals surface area contributed by atoms with Gasteiger partial charge in [0.25, 0.3) is 5.91 Å². The molecule has 0 atom stereocenters. The lowest BCUT2D eigenvalue weighted by Crippen LogP contribution is -2.30. The quantitative estimate of drug-likeness (QED) is 0.353. The number of amides is 1. The fourth-order valence-corrected chi connectivity index (χ4v) is 4.27. The van der Waals surface area contributed by atoms with Crippen LogP contribution in [0.2, 0.25) is 5.02 Å². The summed E-state index contributed by atoms with van der Waals surface area (Å²) in [5.74, 6) is 0.509. The second kappa shape index (κ2) is 10.1. The smallest absolute Gasteiger partial charge is 0.262 e. The van der Waals surface area contributed by atoms with E-state index in [2.05, 4.69) is 12.1 Å². The lowest BCUT2D eigenvalue weighted by molar-refractivity contribution is -0.129. The van der Waals surface area contributed by atoms with Crippen LogP contribution >= 0.6 is 11.6 Å². The number of halogens is 1. The molecular formula is C28H27ClN2O3. The zero-order valence-electron chi connectivity index (χ0n) is 19.5. The van der Waals surface area contributed by atoms with Gasteiger partial charge in [-0.2, -0.15) is 0 Å². The second-order valence-electron chi connectivity index (χ2n) is 8.32. The van der Waals surface area contributed by atoms with Crippen LogP contribution in [0.5, 0.6) is 5.75 Å². The van der Waals surface area contributed by atoms with Gasteiger partial charge in [-0.1, -0.05) is 41.9 Å². The number of aromatic nitrogens is 1. The molecule has 0 spiro atoms. The molecule has 174 valence electrons. The van der Waals surface area contributed by atoms with E-state index in [0.717, 1.165) is 28.6 Å². The highest BCUT2D eigenvalue weighted by atomic mass is 35.5. The predicted molar refractivity (Wildman–Crippen MR) is 136 cm³/mol. The van der Waals surface area contributed by atoms with Crippen molar-refractivity contribution in [2.45, 2.75) is 19.8 Å². The molecule has 4 rings (SSSR count). The van der Waals surface area contributed by atoms with Crippen molar-refractivity contribution < 1.29 is 14.3 Å². The number of nitrogens with zero attached hydrogens (tertiary/aromatic N) is 2. The summed E-state index contributed by atoms with van der Waals surface area (Å²) in [6.07, 6.45) is 0.981. The van der Waals surface area contributed by atoms with Crippen LogP contribution in [0.1, 0.15) is 27.2 Å². The predicted octanol–water partition coefficient (Wildman–Crippen LogP) is 5.54. The number of methoxy groups -OCH3 is 1. The number of carbonyl (C=O) groups is 2. The minimum atomic E-state index is -0.166. The van der Waals surface area contributed by atoms with E-state index < -0.39 is 0 Å². The third-order valence-electron chi connectivity index (χ3n) is 6.17. The molecular weight excluding hydrogens is 448 g/mol. The normalized spacial score (nSPS) is 10.9. The van der Waals surface area contributed by atoms with Crippen LogP contribution in [0, 0.1) is 6.92 Å². The molecule has 0 fully saturated rings. The maximum absolute atomic E-state index is 13.4. The number of carbonyl (C=O) groups excluding carboxylic acids is 2. The molecule has 0 bridgehead atoms. The molecule has 6 heteroatoms. The summed E-state index contributed by atoms with van der Waals surface area (Å²) in [6.45, 7) is 2.50. The Morgan fingerprint density at radius 1 is 1.00 bits per heavy atom. The standard InChI is InChI=1S/C28H27ClN2O3/c1-19-24(18-27(32)30(2)16-15-20-7-5-4-6-8-20)25-17-23(34-3)13-14-26(25)31(19)28(33)21-9-11-22(29)12-10-21/h4-14,17H,15-16,18H2,1-3H3. The zero-order chi connectivity index (χ0) is 24.2. The SMILES string of the molecule is COc1ccc2c(c1)c(CC(=O)N(C)CCc1ccccc1)c(C)n2C(=O)c1ccc(Cl)cc1. The number of fused-ring (bicyclic) bond motifs is 1. The van der Waals surface area contributed by atoms with Gasteiger partial charge in [0.1, 0.15) is 5.75 Å². The summed E-state index contributed by atoms with van der Waals surface area (Å²) in [6, 6.07) is 22.5. The van der Waals surface area contributed by atoms with Gasteiger partial charge in [0.15, 0.2) is 0 Å². The lowest BCUT2D eigenvalue weighted by atomic mass is 10.1. The molecule has 0 aliphatic heterocycles. The molecule has 4 aromatic rings. The first-order chi connectivity index (χ1) is 16.4. The molecule has 0 aliphatic carbocycles. The minimum Gasteiger partial charge on any atom is -0.497 e. The van der Waals surface area contributed by atoms with Gasteiger partial charge in [-0.3, -0.25) is 14.2 Å². The first-order valence-electron chi connectivity index (χ1n) is 11.1. The monoisotopic (exact) mass is 474 g/mol. The van der Waals surface area contributed by atoms with Crippen molar-refractivity contribution in [3.05, 3.63) is 100 Å². The van der Waals surface area contributed by atoms with Crippen molar-refractivity contribution in [1.29, 1.82) is 0 Å². The molecule has 1 heterocycles. The molecule has 5 nitrogen and oxygen atoms in total. The average Bonchev–Trinajstić information content (AvgIpc) is 3.13. The number of likely N-dealkylation sites (N-methyl/N-ethyl adjacent to an activating group) is 1. The van der Waals surface area contributed by atoms with Crippen molar-refractivity contribution in [2.75, 3.05) is 20.7 Å². The number of hydrogen-bond donors (Lipinski definition) is 0. The van der Waals surface area contributed by atoms with E-state index in [1.54, 1.807) is 40.8 Å². The van der Waals surface area contributed by atoms with E-state index in [4.69, 9.17) is 16.3 Å². The van der Waals surface area contributed by atoms with Crippen LogP contribution in [-0.4, -0.2) is 42.0 Å². The number of rotatable bonds is 7. The molecule has 0 aliphatic rings. The molecule has 3 aromatic carbocycles. The Labute approximate surface area is 204 Å². The lowest BCUT2D eigenvalue weighted by Gasteiger charge is -2.17. The van der Waals surface area contributed by atoms with E-state index in [-0.39, 0.29) is 18.2 Å². The summed E-state index contributed by atoms with van der Waals surface area (Å²) < 4.78 is 7.09. The van der Waals surface area contributed by atoms with E-state index in [1.165, 1.54) is 5.56 Å². The Balaban J connectivity index is 1.66. The van der Waals surface area contributed by atoms with E-state index in [1.807, 2.05) is 50.4 Å². The van der Waals surface area contributed by atoms with Gasteiger partial charge in [0, 0.05) is 35.3 Å². The summed E-state index contributed by atoms with van der Waals surface area (Å²) in [7, 11) is 3.42. The Morgan fingerprint density at radius 2 is 1.71 bits per heavy atom. The summed E-state index contributed by atoms with van der Waals surface area (Å²) in [5.41, 5.74) is 4.03. The summed E-state index contributed by atoms with van der Waals surface area (Å²) in [4.78, 5) is 28.3. The molecule has 0 saturated heterocycles. The molecule has 0 N–H and O–H groups in total. The molecule has 0 radical (unpaired) electrons. The van der Waals surface area contributed by atoms with E-state index >= 15 is 0 Å². The van der Waals surface area contributed by atoms with Crippen LogP contribution in [0.15, 0.2) is 72.8 Å². The first kappa shape index (κ1) is 23.6. The summed E-state index contributed by atoms with van der Waals surface area (Å²) in [5, 5.41) is 1.41. The van der Waals surface area contributed by atoms with E-state index in [0.29, 0.717) is 22.9 Å². The number of hydrogen-bond acceptors (Lipinski definition) is 3. The number of benzene rings is 3. The average molecular weight is 475 g/mol. The Morgan fingerprint density at radius 3 is 2.38 bits per heavy atom. The van der Waals surface area contributed by atoms with Crippen LogP contribution in [-0.2, 0) is 17.6 Å². The van der Waals surface area contributed by atoms with Crippen molar-refractivity contribution in [3.63, 3.8) is 0 Å². The van der Waals surface area contributed by atoms with Gasteiger partial charge in [-0.05, 0) is 66.9 Å². The van der Waals surface area contributed by atoms with Gasteiger partial charge in [-0.25, -0.2) is 0 Å². The fraction of sp³-hybridized carbons (Fsp3) is 0.214. The largest absolute Gasteiger partial charge is 0.497 e. The maximum Gasteiger partial charge on any atom is 0.262 e. The van der Waals surface area contributed by atoms with Crippen LogP contribution < -0.4 is 4.74 Å². The highest BCUT2D eigenvalue weighted by Crippen LogP contribution is 2.31. The van der Waals surface area contributed by atoms with Gasteiger partial charge < -0.3 is 9.64 Å². The fourth-order valence-electron chi connectivity index (χ4n) is 4.15. The van der Waals surface area contributed by atoms with Crippen LogP contribution in [0.4, 0.5) is 0 Å². The van der Waals surface area contributed by atoms with E-state index in [9.17, 15) is 9.59 Å². The van der Waals surface area contributed by atoms with Gasteiger partial charge in [-0.15, -0.1) is 0 Å². The zero-order valence-corrected chi connectivity index (χ0v) is 20.3. The topological polar surface area (TPSA) is 51.5 Å². The Hall–Kier alpha value is -3.57. The molecule has 34 heavy (non-hydrogen) atoms. The molecule has 1 amide bonds. The minimum absolute atomic E-state index is 0.000145. The van der Waals surface area contributed by atoms with Crippen LogP contribution in [0.3, 0.4) is 0 Å². The van der Waals surface area contributed by atoms with Crippen LogP contribution in [0.25, 0.3) is 10.9 Å². The third kappa shape index (κ3) is 4.85. The first-order valence-corrected chi connectivity index (χ1v) is 11.5. The second-order valence-corrected chi connectivity index (χ2v) is 8.76. The molecule has 0 saturated carbocycles. The highest BCUT2D eigenvalue weighted by molar-refractivity contribution is 6.30. The third-order valence-corrected chi connectivity index (χ3v) is 6.42. The molecule has 0 unspecified atom stereocenters. The van der Waals surface area contributed by atoms with Crippen molar-refractivity contribution in [1.82, 2.24) is 9.47 Å². The van der Waals surface area contributed by atoms with Crippen molar-refractivity contribution in [2.24, 2.45) is 0 Å². The highest BCUT2D eigenvalue weighted by Gasteiger charge is 2.23. The van der Waals surface area contributed by atoms with Gasteiger partial charge in [0.05, 0.1) is 19.0 Å². The number of ether oxygens (including phenoxy) is 1. The summed E-state index contributed by atoms with van der Waals surface area (Å²) >= 11 is 6.00. The van der Waals surface area contributed by atoms with Crippen molar-refractivity contribution in [3.8, 4) is 5.75 Å². The van der Waals surface area contributed by atoms with Gasteiger partial charge in [0.2, 0.25) is 5.91 Å². The Bertz CT molecular complexity index is 1330. The molecule has 1 aromatic heterocycles. The van der Waals surface area contributed by atoms with Crippen molar-refractivity contribution >= 4 is 34.3 Å². The Kier molecular flexibility index (Phi) is 7.03. The maximum atomic E-state index is 13.4.